The van der Waals surface area contributed by atoms with Crippen LogP contribution in [0.25, 0.3) is 0 Å². The normalized spacial score (nSPS) is 30.0. The molecule has 0 bridgehead atoms. The summed E-state index contributed by atoms with van der Waals surface area (Å²) in [6.45, 7) is 15.0. The fourth-order valence-corrected chi connectivity index (χ4v) is 3.42. The van der Waals surface area contributed by atoms with E-state index in [1.807, 2.05) is 4.90 Å². The van der Waals surface area contributed by atoms with Crippen LogP contribution < -0.4 is 5.32 Å². The topological polar surface area (TPSA) is 44.8 Å². The highest BCUT2D eigenvalue weighted by molar-refractivity contribution is 5.74. The quantitative estimate of drug-likeness (QED) is 0.846. The number of rotatable bonds is 5. The molecule has 5 heteroatoms. The molecule has 2 saturated heterocycles. The number of amides is 2. The van der Waals surface area contributed by atoms with Crippen molar-refractivity contribution in [2.24, 2.45) is 11.8 Å². The molecule has 0 aliphatic carbocycles. The lowest BCUT2D eigenvalue weighted by Crippen LogP contribution is -2.54. The second kappa shape index (κ2) is 7.64. The van der Waals surface area contributed by atoms with Crippen LogP contribution in [0.3, 0.4) is 0 Å². The van der Waals surface area contributed by atoms with E-state index in [1.165, 1.54) is 19.5 Å². The van der Waals surface area contributed by atoms with Crippen molar-refractivity contribution in [3.63, 3.8) is 0 Å². The van der Waals surface area contributed by atoms with Crippen LogP contribution in [0, 0.1) is 11.8 Å². The Balaban J connectivity index is 1.72. The standard InChI is InChI=1S/C17H33N3O2/c1-5-17(4)13-20(8-9-22-17)16(21)18-10-15-6-7-19(12-15)11-14(2)3/h14-15H,5-13H2,1-4H3,(H,18,21)/t15-,17+/m1/s1. The number of urea groups is 1. The lowest BCUT2D eigenvalue weighted by atomic mass is 10.0. The van der Waals surface area contributed by atoms with Gasteiger partial charge in [-0.2, -0.15) is 0 Å². The summed E-state index contributed by atoms with van der Waals surface area (Å²) in [5, 5.41) is 3.13. The van der Waals surface area contributed by atoms with Crippen LogP contribution in [0.15, 0.2) is 0 Å². The molecule has 0 radical (unpaired) electrons. The number of carbonyl (C=O) groups is 1. The largest absolute Gasteiger partial charge is 0.372 e. The van der Waals surface area contributed by atoms with Gasteiger partial charge in [0.25, 0.3) is 0 Å². The minimum absolute atomic E-state index is 0.0743. The molecule has 2 amide bonds. The van der Waals surface area contributed by atoms with E-state index in [9.17, 15) is 4.79 Å². The predicted octanol–water partition coefficient (Wildman–Crippen LogP) is 2.17. The molecule has 2 atom stereocenters. The molecule has 0 aromatic carbocycles. The number of nitrogens with one attached hydrogen (secondary N) is 1. The summed E-state index contributed by atoms with van der Waals surface area (Å²) in [7, 11) is 0. The van der Waals surface area contributed by atoms with E-state index in [-0.39, 0.29) is 11.6 Å². The summed E-state index contributed by atoms with van der Waals surface area (Å²) in [6.07, 6.45) is 2.13. The lowest BCUT2D eigenvalue weighted by molar-refractivity contribution is -0.0872. The third kappa shape index (κ3) is 4.85. The molecule has 0 unspecified atom stereocenters. The number of hydrogen-bond acceptors (Lipinski definition) is 3. The minimum atomic E-state index is -0.184. The summed E-state index contributed by atoms with van der Waals surface area (Å²) in [5.74, 6) is 1.31. The molecule has 2 heterocycles. The molecule has 128 valence electrons. The zero-order valence-corrected chi connectivity index (χ0v) is 14.7. The smallest absolute Gasteiger partial charge is 0.317 e. The van der Waals surface area contributed by atoms with E-state index in [1.54, 1.807) is 0 Å². The zero-order chi connectivity index (χ0) is 16.2. The Labute approximate surface area is 135 Å². The Kier molecular flexibility index (Phi) is 6.09. The van der Waals surface area contributed by atoms with Crippen LogP contribution in [-0.2, 0) is 4.74 Å². The van der Waals surface area contributed by atoms with E-state index in [2.05, 4.69) is 37.9 Å². The van der Waals surface area contributed by atoms with Crippen LogP contribution >= 0.6 is 0 Å². The summed E-state index contributed by atoms with van der Waals surface area (Å²) in [6, 6.07) is 0.0743. The van der Waals surface area contributed by atoms with Gasteiger partial charge in [-0.25, -0.2) is 4.79 Å². The molecule has 5 nitrogen and oxygen atoms in total. The molecule has 22 heavy (non-hydrogen) atoms. The van der Waals surface area contributed by atoms with Crippen molar-refractivity contribution in [2.75, 3.05) is 45.9 Å². The monoisotopic (exact) mass is 311 g/mol. The molecular weight excluding hydrogens is 278 g/mol. The Morgan fingerprint density at radius 3 is 2.86 bits per heavy atom. The van der Waals surface area contributed by atoms with Crippen molar-refractivity contribution in [2.45, 2.75) is 46.1 Å². The molecule has 2 fully saturated rings. The predicted molar refractivity (Wildman–Crippen MR) is 89.0 cm³/mol. The highest BCUT2D eigenvalue weighted by Crippen LogP contribution is 2.21. The SMILES string of the molecule is CC[C@@]1(C)CN(C(=O)NC[C@H]2CCN(CC(C)C)C2)CCO1. The van der Waals surface area contributed by atoms with Gasteiger partial charge in [-0.15, -0.1) is 0 Å². The van der Waals surface area contributed by atoms with Gasteiger partial charge in [0.15, 0.2) is 0 Å². The molecule has 0 spiro atoms. The molecule has 0 aromatic heterocycles. The Bertz CT molecular complexity index is 375. The molecule has 0 aromatic rings. The average molecular weight is 311 g/mol. The van der Waals surface area contributed by atoms with Gasteiger partial charge < -0.3 is 19.9 Å². The van der Waals surface area contributed by atoms with Gasteiger partial charge in [0.05, 0.1) is 18.8 Å². The van der Waals surface area contributed by atoms with Crippen LogP contribution in [0.5, 0.6) is 0 Å². The number of hydrogen-bond donors (Lipinski definition) is 1. The number of nitrogens with zero attached hydrogens (tertiary/aromatic N) is 2. The van der Waals surface area contributed by atoms with Gasteiger partial charge in [-0.1, -0.05) is 20.8 Å². The van der Waals surface area contributed by atoms with E-state index >= 15 is 0 Å². The molecule has 2 aliphatic heterocycles. The molecule has 1 N–H and O–H groups in total. The second-order valence-corrected chi connectivity index (χ2v) is 7.57. The van der Waals surface area contributed by atoms with Crippen molar-refractivity contribution in [1.82, 2.24) is 15.1 Å². The van der Waals surface area contributed by atoms with Crippen molar-refractivity contribution in [1.29, 1.82) is 0 Å². The van der Waals surface area contributed by atoms with Crippen LogP contribution in [0.4, 0.5) is 4.79 Å². The highest BCUT2D eigenvalue weighted by Gasteiger charge is 2.33. The van der Waals surface area contributed by atoms with Gasteiger partial charge in [0, 0.05) is 26.2 Å². The minimum Gasteiger partial charge on any atom is -0.372 e. The number of ether oxygens (including phenoxy) is 1. The van der Waals surface area contributed by atoms with Crippen molar-refractivity contribution >= 4 is 6.03 Å². The third-order valence-electron chi connectivity index (χ3n) is 4.91. The first kappa shape index (κ1) is 17.5. The Hall–Kier alpha value is -0.810. The first-order valence-corrected chi connectivity index (χ1v) is 8.81. The third-order valence-corrected chi connectivity index (χ3v) is 4.91. The second-order valence-electron chi connectivity index (χ2n) is 7.57. The van der Waals surface area contributed by atoms with Gasteiger partial charge in [0.1, 0.15) is 0 Å². The first-order valence-electron chi connectivity index (χ1n) is 8.81. The summed E-state index contributed by atoms with van der Waals surface area (Å²) >= 11 is 0. The van der Waals surface area contributed by atoms with E-state index in [0.29, 0.717) is 31.5 Å². The van der Waals surface area contributed by atoms with E-state index < -0.39 is 0 Å². The number of likely N-dealkylation sites (tertiary alicyclic amines) is 1. The maximum absolute atomic E-state index is 12.4. The fraction of sp³-hybridized carbons (Fsp3) is 0.941. The zero-order valence-electron chi connectivity index (χ0n) is 14.7. The summed E-state index contributed by atoms with van der Waals surface area (Å²) < 4.78 is 5.80. The number of carbonyl (C=O) groups excluding carboxylic acids is 1. The van der Waals surface area contributed by atoms with Crippen LogP contribution in [0.1, 0.15) is 40.5 Å². The first-order chi connectivity index (χ1) is 10.4. The highest BCUT2D eigenvalue weighted by atomic mass is 16.5. The lowest BCUT2D eigenvalue weighted by Gasteiger charge is -2.40. The molecule has 0 saturated carbocycles. The van der Waals surface area contributed by atoms with Gasteiger partial charge in [0.2, 0.25) is 0 Å². The maximum atomic E-state index is 12.4. The van der Waals surface area contributed by atoms with Crippen molar-refractivity contribution in [3.8, 4) is 0 Å². The summed E-state index contributed by atoms with van der Waals surface area (Å²) in [4.78, 5) is 16.8. The summed E-state index contributed by atoms with van der Waals surface area (Å²) in [5.41, 5.74) is -0.184. The molecule has 2 aliphatic rings. The Morgan fingerprint density at radius 2 is 2.18 bits per heavy atom. The molecule has 2 rings (SSSR count). The van der Waals surface area contributed by atoms with Crippen molar-refractivity contribution in [3.05, 3.63) is 0 Å². The molecular formula is C17H33N3O2. The van der Waals surface area contributed by atoms with E-state index in [0.717, 1.165) is 19.5 Å². The van der Waals surface area contributed by atoms with Crippen molar-refractivity contribution < 1.29 is 9.53 Å². The van der Waals surface area contributed by atoms with Crippen LogP contribution in [0.2, 0.25) is 0 Å². The number of morpholine rings is 1. The average Bonchev–Trinajstić information content (AvgIpc) is 2.91. The maximum Gasteiger partial charge on any atom is 0.317 e. The fourth-order valence-electron chi connectivity index (χ4n) is 3.42. The Morgan fingerprint density at radius 1 is 1.41 bits per heavy atom. The van der Waals surface area contributed by atoms with Crippen LogP contribution in [-0.4, -0.2) is 67.3 Å². The van der Waals surface area contributed by atoms with Gasteiger partial charge in [-0.05, 0) is 38.1 Å². The van der Waals surface area contributed by atoms with E-state index in [4.69, 9.17) is 4.74 Å². The van der Waals surface area contributed by atoms with Gasteiger partial charge in [-0.3, -0.25) is 0 Å². The van der Waals surface area contributed by atoms with Gasteiger partial charge >= 0.3 is 6.03 Å².